The molecule has 2 aromatic rings. The second-order valence-electron chi connectivity index (χ2n) is 5.36. The van der Waals surface area contributed by atoms with E-state index in [0.29, 0.717) is 17.3 Å². The van der Waals surface area contributed by atoms with Crippen molar-refractivity contribution in [2.24, 2.45) is 0 Å². The average Bonchev–Trinajstić information content (AvgIpc) is 3.03. The standard InChI is InChI=1S/C17H18F2N2O4S/c1-2-25-12-5-3-10(4-6-12)16-20-11(9-26-16)7-15(22)21-13(17(23)24)8-14(18)19/h3-6,9,13-14H,2,7-8H2,1H3,(H,21,22)(H,23,24). The van der Waals surface area contributed by atoms with E-state index in [4.69, 9.17) is 9.84 Å². The van der Waals surface area contributed by atoms with E-state index >= 15 is 0 Å². The highest BCUT2D eigenvalue weighted by Gasteiger charge is 2.24. The Morgan fingerprint density at radius 3 is 2.58 bits per heavy atom. The Bertz CT molecular complexity index is 749. The Labute approximate surface area is 152 Å². The smallest absolute Gasteiger partial charge is 0.326 e. The highest BCUT2D eigenvalue weighted by atomic mass is 32.1. The summed E-state index contributed by atoms with van der Waals surface area (Å²) in [5.74, 6) is -1.42. The summed E-state index contributed by atoms with van der Waals surface area (Å²) in [7, 11) is 0. The van der Waals surface area contributed by atoms with Gasteiger partial charge < -0.3 is 15.2 Å². The van der Waals surface area contributed by atoms with Crippen LogP contribution in [0.1, 0.15) is 19.0 Å². The molecule has 9 heteroatoms. The van der Waals surface area contributed by atoms with Gasteiger partial charge in [-0.05, 0) is 31.2 Å². The fourth-order valence-electron chi connectivity index (χ4n) is 2.19. The topological polar surface area (TPSA) is 88.5 Å². The number of nitrogens with zero attached hydrogens (tertiary/aromatic N) is 1. The molecule has 2 rings (SSSR count). The largest absolute Gasteiger partial charge is 0.494 e. The molecule has 140 valence electrons. The van der Waals surface area contributed by atoms with Crippen LogP contribution in [0.4, 0.5) is 8.78 Å². The molecule has 0 fully saturated rings. The Morgan fingerprint density at radius 1 is 1.31 bits per heavy atom. The van der Waals surface area contributed by atoms with Crippen molar-refractivity contribution in [3.05, 3.63) is 35.3 Å². The van der Waals surface area contributed by atoms with Crippen LogP contribution in [0, 0.1) is 0 Å². The van der Waals surface area contributed by atoms with Crippen LogP contribution in [0.3, 0.4) is 0 Å². The Morgan fingerprint density at radius 2 is 2.00 bits per heavy atom. The molecule has 1 unspecified atom stereocenters. The quantitative estimate of drug-likeness (QED) is 0.694. The minimum Gasteiger partial charge on any atom is -0.494 e. The number of hydrogen-bond donors (Lipinski definition) is 2. The zero-order valence-electron chi connectivity index (χ0n) is 13.9. The summed E-state index contributed by atoms with van der Waals surface area (Å²) in [6, 6.07) is 5.70. The van der Waals surface area contributed by atoms with Crippen LogP contribution in [-0.4, -0.2) is 41.0 Å². The molecule has 1 aromatic heterocycles. The highest BCUT2D eigenvalue weighted by molar-refractivity contribution is 7.13. The van der Waals surface area contributed by atoms with Gasteiger partial charge in [0.15, 0.2) is 0 Å². The number of aliphatic carboxylic acids is 1. The van der Waals surface area contributed by atoms with E-state index in [9.17, 15) is 18.4 Å². The lowest BCUT2D eigenvalue weighted by Crippen LogP contribution is -2.42. The number of benzene rings is 1. The lowest BCUT2D eigenvalue weighted by atomic mass is 10.2. The number of carboxylic acid groups (broad SMARTS) is 1. The number of amides is 1. The maximum atomic E-state index is 12.4. The van der Waals surface area contributed by atoms with Crippen molar-refractivity contribution in [1.82, 2.24) is 10.3 Å². The first-order valence-electron chi connectivity index (χ1n) is 7.87. The maximum Gasteiger partial charge on any atom is 0.326 e. The van der Waals surface area contributed by atoms with Crippen molar-refractivity contribution in [3.63, 3.8) is 0 Å². The van der Waals surface area contributed by atoms with Crippen molar-refractivity contribution in [2.45, 2.75) is 32.2 Å². The molecular formula is C17H18F2N2O4S. The monoisotopic (exact) mass is 384 g/mol. The first-order chi connectivity index (χ1) is 12.4. The van der Waals surface area contributed by atoms with Gasteiger partial charge in [-0.2, -0.15) is 0 Å². The van der Waals surface area contributed by atoms with Gasteiger partial charge in [0.1, 0.15) is 16.8 Å². The van der Waals surface area contributed by atoms with Gasteiger partial charge in [-0.3, -0.25) is 4.79 Å². The molecule has 0 aliphatic heterocycles. The molecule has 0 radical (unpaired) electrons. The van der Waals surface area contributed by atoms with Crippen LogP contribution in [0.2, 0.25) is 0 Å². The first kappa shape index (κ1) is 19.8. The average molecular weight is 384 g/mol. The van der Waals surface area contributed by atoms with E-state index in [1.54, 1.807) is 5.38 Å². The van der Waals surface area contributed by atoms with Crippen LogP contribution >= 0.6 is 11.3 Å². The minimum absolute atomic E-state index is 0.180. The second-order valence-corrected chi connectivity index (χ2v) is 6.22. The zero-order valence-corrected chi connectivity index (χ0v) is 14.8. The van der Waals surface area contributed by atoms with E-state index in [-0.39, 0.29) is 6.42 Å². The molecule has 1 amide bonds. The van der Waals surface area contributed by atoms with Crippen molar-refractivity contribution in [3.8, 4) is 16.3 Å². The maximum absolute atomic E-state index is 12.4. The molecule has 0 spiro atoms. The fraction of sp³-hybridized carbons (Fsp3) is 0.353. The number of ether oxygens (including phenoxy) is 1. The number of carbonyl (C=O) groups excluding carboxylic acids is 1. The summed E-state index contributed by atoms with van der Waals surface area (Å²) in [6.07, 6.45) is -3.93. The Balaban J connectivity index is 1.98. The molecule has 1 aromatic carbocycles. The van der Waals surface area contributed by atoms with Gasteiger partial charge in [0, 0.05) is 17.4 Å². The fourth-order valence-corrected chi connectivity index (χ4v) is 3.02. The molecule has 0 saturated carbocycles. The van der Waals surface area contributed by atoms with Gasteiger partial charge in [-0.25, -0.2) is 18.6 Å². The summed E-state index contributed by atoms with van der Waals surface area (Å²) in [4.78, 5) is 27.1. The van der Waals surface area contributed by atoms with Gasteiger partial charge in [-0.15, -0.1) is 11.3 Å². The molecular weight excluding hydrogens is 366 g/mol. The molecule has 6 nitrogen and oxygen atoms in total. The Kier molecular flexibility index (Phi) is 7.02. The zero-order chi connectivity index (χ0) is 19.1. The molecule has 0 aliphatic carbocycles. The minimum atomic E-state index is -2.82. The van der Waals surface area contributed by atoms with Crippen molar-refractivity contribution >= 4 is 23.2 Å². The van der Waals surface area contributed by atoms with Gasteiger partial charge in [0.2, 0.25) is 12.3 Å². The SMILES string of the molecule is CCOc1ccc(-c2nc(CC(=O)NC(CC(F)F)C(=O)O)cs2)cc1. The predicted octanol–water partition coefficient (Wildman–Crippen LogP) is 2.98. The van der Waals surface area contributed by atoms with E-state index in [2.05, 4.69) is 10.3 Å². The lowest BCUT2D eigenvalue weighted by Gasteiger charge is -2.13. The van der Waals surface area contributed by atoms with E-state index in [0.717, 1.165) is 11.3 Å². The Hall–Kier alpha value is -2.55. The number of halogens is 2. The van der Waals surface area contributed by atoms with Crippen LogP contribution in [0.5, 0.6) is 5.75 Å². The molecule has 26 heavy (non-hydrogen) atoms. The van der Waals surface area contributed by atoms with E-state index < -0.39 is 30.8 Å². The molecule has 2 N–H and O–H groups in total. The van der Waals surface area contributed by atoms with E-state index in [1.165, 1.54) is 11.3 Å². The third-order valence-corrected chi connectivity index (χ3v) is 4.29. The number of thiazole rings is 1. The van der Waals surface area contributed by atoms with Crippen LogP contribution in [0.25, 0.3) is 10.6 Å². The molecule has 1 atom stereocenters. The number of aromatic nitrogens is 1. The van der Waals surface area contributed by atoms with Gasteiger partial charge in [0.25, 0.3) is 0 Å². The first-order valence-corrected chi connectivity index (χ1v) is 8.75. The summed E-state index contributed by atoms with van der Waals surface area (Å²) < 4.78 is 30.1. The summed E-state index contributed by atoms with van der Waals surface area (Å²) in [5.41, 5.74) is 1.30. The van der Waals surface area contributed by atoms with Gasteiger partial charge in [0.05, 0.1) is 18.7 Å². The highest BCUT2D eigenvalue weighted by Crippen LogP contribution is 2.26. The number of carboxylic acids is 1. The number of hydrogen-bond acceptors (Lipinski definition) is 5. The molecule has 0 bridgehead atoms. The third-order valence-electron chi connectivity index (χ3n) is 3.35. The number of nitrogens with one attached hydrogen (secondary N) is 1. The molecule has 1 heterocycles. The lowest BCUT2D eigenvalue weighted by molar-refractivity contribution is -0.142. The van der Waals surface area contributed by atoms with Crippen molar-refractivity contribution in [1.29, 1.82) is 0 Å². The van der Waals surface area contributed by atoms with Crippen LogP contribution < -0.4 is 10.1 Å². The molecule has 0 saturated heterocycles. The number of alkyl halides is 2. The molecule has 0 aliphatic rings. The number of carbonyl (C=O) groups is 2. The third kappa shape index (κ3) is 5.76. The van der Waals surface area contributed by atoms with Crippen LogP contribution in [0.15, 0.2) is 29.6 Å². The summed E-state index contributed by atoms with van der Waals surface area (Å²) >= 11 is 1.33. The normalized spacial score (nSPS) is 12.0. The van der Waals surface area contributed by atoms with Crippen molar-refractivity contribution < 1.29 is 28.2 Å². The number of rotatable bonds is 9. The van der Waals surface area contributed by atoms with Crippen LogP contribution in [-0.2, 0) is 16.0 Å². The summed E-state index contributed by atoms with van der Waals surface area (Å²) in [6.45, 7) is 2.46. The predicted molar refractivity (Wildman–Crippen MR) is 92.6 cm³/mol. The van der Waals surface area contributed by atoms with Gasteiger partial charge >= 0.3 is 5.97 Å². The van der Waals surface area contributed by atoms with E-state index in [1.807, 2.05) is 31.2 Å². The van der Waals surface area contributed by atoms with Crippen molar-refractivity contribution in [2.75, 3.05) is 6.61 Å². The summed E-state index contributed by atoms with van der Waals surface area (Å²) in [5, 5.41) is 13.3. The van der Waals surface area contributed by atoms with Gasteiger partial charge in [-0.1, -0.05) is 0 Å². The second kappa shape index (κ2) is 9.23.